The predicted molar refractivity (Wildman–Crippen MR) is 58.2 cm³/mol. The maximum Gasteiger partial charge on any atom is -0.0295 e. The Kier molecular flexibility index (Phi) is 2.76. The van der Waals surface area contributed by atoms with Crippen LogP contribution in [-0.4, -0.2) is 0 Å². The van der Waals surface area contributed by atoms with Gasteiger partial charge < -0.3 is 0 Å². The van der Waals surface area contributed by atoms with Gasteiger partial charge in [-0.25, -0.2) is 0 Å². The Morgan fingerprint density at radius 3 is 1.92 bits per heavy atom. The molecule has 0 heteroatoms. The zero-order chi connectivity index (χ0) is 10.2. The van der Waals surface area contributed by atoms with Gasteiger partial charge in [-0.15, -0.1) is 12.8 Å². The highest BCUT2D eigenvalue weighted by atomic mass is 14.6. The van der Waals surface area contributed by atoms with Crippen molar-refractivity contribution in [3.05, 3.63) is 0 Å². The van der Waals surface area contributed by atoms with Crippen molar-refractivity contribution in [1.29, 1.82) is 0 Å². The first-order valence-corrected chi connectivity index (χ1v) is 5.37. The van der Waals surface area contributed by atoms with Crippen LogP contribution in [0.5, 0.6) is 0 Å². The van der Waals surface area contributed by atoms with E-state index >= 15 is 0 Å². The van der Waals surface area contributed by atoms with Gasteiger partial charge in [-0.2, -0.15) is 0 Å². The smallest absolute Gasteiger partial charge is 0.0295 e. The molecule has 0 aliphatic heterocycles. The summed E-state index contributed by atoms with van der Waals surface area (Å²) in [6.45, 7) is 9.81. The van der Waals surface area contributed by atoms with Crippen LogP contribution < -0.4 is 0 Å². The molecule has 0 aromatic rings. The van der Waals surface area contributed by atoms with E-state index in [4.69, 9.17) is 0 Å². The maximum atomic E-state index is 4.00. The van der Waals surface area contributed by atoms with E-state index < -0.39 is 0 Å². The highest BCUT2D eigenvalue weighted by molar-refractivity contribution is 5.03. The maximum absolute atomic E-state index is 4.00. The van der Waals surface area contributed by atoms with Crippen LogP contribution in [0.25, 0.3) is 0 Å². The fourth-order valence-corrected chi connectivity index (χ4v) is 3.41. The molecule has 2 bridgehead atoms. The lowest BCUT2D eigenvalue weighted by Gasteiger charge is -2.61. The number of rotatable bonds is 0. The molecule has 3 aliphatic carbocycles. The SMILES string of the molecule is C#C.CC1CC2CC(C1C)C2(C)C. The molecule has 4 atom stereocenters. The number of terminal acetylenes is 1. The average Bonchev–Trinajstić information content (AvgIpc) is 2.12. The summed E-state index contributed by atoms with van der Waals surface area (Å²) in [5, 5.41) is 0. The molecule has 3 aliphatic rings. The molecule has 0 saturated heterocycles. The Morgan fingerprint density at radius 1 is 1.08 bits per heavy atom. The minimum Gasteiger partial charge on any atom is -0.124 e. The van der Waals surface area contributed by atoms with Gasteiger partial charge in [0.15, 0.2) is 0 Å². The average molecular weight is 178 g/mol. The van der Waals surface area contributed by atoms with Gasteiger partial charge in [0.05, 0.1) is 0 Å². The molecule has 74 valence electrons. The molecular weight excluding hydrogens is 156 g/mol. The third kappa shape index (κ3) is 1.39. The van der Waals surface area contributed by atoms with E-state index in [0.29, 0.717) is 5.41 Å². The Balaban J connectivity index is 0.000000396. The summed E-state index contributed by atoms with van der Waals surface area (Å²) in [6, 6.07) is 0. The minimum absolute atomic E-state index is 0.686. The predicted octanol–water partition coefficient (Wildman–Crippen LogP) is 3.57. The van der Waals surface area contributed by atoms with Gasteiger partial charge in [0.1, 0.15) is 0 Å². The van der Waals surface area contributed by atoms with Crippen LogP contribution in [0.3, 0.4) is 0 Å². The van der Waals surface area contributed by atoms with E-state index in [1.165, 1.54) is 12.8 Å². The zero-order valence-electron chi connectivity index (χ0n) is 9.38. The molecule has 13 heavy (non-hydrogen) atoms. The van der Waals surface area contributed by atoms with E-state index in [2.05, 4.69) is 40.5 Å². The summed E-state index contributed by atoms with van der Waals surface area (Å²) in [6.07, 6.45) is 11.0. The van der Waals surface area contributed by atoms with Gasteiger partial charge in [-0.05, 0) is 41.9 Å². The van der Waals surface area contributed by atoms with Crippen LogP contribution in [0.4, 0.5) is 0 Å². The Morgan fingerprint density at radius 2 is 1.62 bits per heavy atom. The summed E-state index contributed by atoms with van der Waals surface area (Å²) in [4.78, 5) is 0. The molecule has 0 N–H and O–H groups in total. The number of hydrogen-bond acceptors (Lipinski definition) is 0. The first kappa shape index (κ1) is 10.6. The molecule has 0 radical (unpaired) electrons. The lowest BCUT2D eigenvalue weighted by Crippen LogP contribution is -2.54. The topological polar surface area (TPSA) is 0 Å². The molecule has 0 aromatic heterocycles. The molecular formula is C13H22. The standard InChI is InChI=1S/C11H20.C2H2/c1-7-5-9-6-10(8(7)2)11(9,3)4;1-2/h7-10H,5-6H2,1-4H3;1-2H. The minimum atomic E-state index is 0.686. The summed E-state index contributed by atoms with van der Waals surface area (Å²) in [7, 11) is 0. The van der Waals surface area contributed by atoms with Gasteiger partial charge in [-0.1, -0.05) is 27.7 Å². The summed E-state index contributed by atoms with van der Waals surface area (Å²) >= 11 is 0. The van der Waals surface area contributed by atoms with E-state index in [1.807, 2.05) is 0 Å². The fourth-order valence-electron chi connectivity index (χ4n) is 3.41. The monoisotopic (exact) mass is 178 g/mol. The molecule has 0 amide bonds. The summed E-state index contributed by atoms with van der Waals surface area (Å²) in [5.41, 5.74) is 0.686. The van der Waals surface area contributed by atoms with E-state index in [9.17, 15) is 0 Å². The second-order valence-corrected chi connectivity index (χ2v) is 5.43. The Bertz CT molecular complexity index is 199. The van der Waals surface area contributed by atoms with Crippen molar-refractivity contribution in [3.63, 3.8) is 0 Å². The largest absolute Gasteiger partial charge is 0.124 e. The van der Waals surface area contributed by atoms with Crippen molar-refractivity contribution in [1.82, 2.24) is 0 Å². The van der Waals surface area contributed by atoms with Crippen LogP contribution in [-0.2, 0) is 0 Å². The molecule has 0 aromatic carbocycles. The van der Waals surface area contributed by atoms with Crippen molar-refractivity contribution in [3.8, 4) is 12.8 Å². The molecule has 3 fully saturated rings. The summed E-state index contributed by atoms with van der Waals surface area (Å²) in [5.74, 6) is 4.07. The second-order valence-electron chi connectivity index (χ2n) is 5.43. The fraction of sp³-hybridized carbons (Fsp3) is 0.846. The van der Waals surface area contributed by atoms with E-state index in [0.717, 1.165) is 23.7 Å². The molecule has 0 heterocycles. The zero-order valence-corrected chi connectivity index (χ0v) is 9.38. The van der Waals surface area contributed by atoms with Gasteiger partial charge in [0, 0.05) is 0 Å². The van der Waals surface area contributed by atoms with Crippen LogP contribution >= 0.6 is 0 Å². The van der Waals surface area contributed by atoms with Crippen LogP contribution in [0.1, 0.15) is 40.5 Å². The van der Waals surface area contributed by atoms with Gasteiger partial charge in [0.25, 0.3) is 0 Å². The Hall–Kier alpha value is -0.440. The molecule has 4 unspecified atom stereocenters. The number of hydrogen-bond donors (Lipinski definition) is 0. The number of fused-ring (bicyclic) bond motifs is 2. The molecule has 3 saturated carbocycles. The molecule has 3 rings (SSSR count). The molecule has 0 spiro atoms. The van der Waals surface area contributed by atoms with Crippen LogP contribution in [0, 0.1) is 41.9 Å². The third-order valence-electron chi connectivity index (χ3n) is 4.73. The van der Waals surface area contributed by atoms with Crippen molar-refractivity contribution in [2.75, 3.05) is 0 Å². The third-order valence-corrected chi connectivity index (χ3v) is 4.73. The first-order valence-electron chi connectivity index (χ1n) is 5.37. The van der Waals surface area contributed by atoms with Crippen LogP contribution in [0.2, 0.25) is 0 Å². The lowest BCUT2D eigenvalue weighted by molar-refractivity contribution is -0.124. The quantitative estimate of drug-likeness (QED) is 0.497. The molecule has 0 nitrogen and oxygen atoms in total. The van der Waals surface area contributed by atoms with Crippen LogP contribution in [0.15, 0.2) is 0 Å². The van der Waals surface area contributed by atoms with E-state index in [1.54, 1.807) is 0 Å². The lowest BCUT2D eigenvalue weighted by atomic mass is 9.44. The van der Waals surface area contributed by atoms with Gasteiger partial charge >= 0.3 is 0 Å². The van der Waals surface area contributed by atoms with Crippen molar-refractivity contribution < 1.29 is 0 Å². The highest BCUT2D eigenvalue weighted by Crippen LogP contribution is 2.62. The van der Waals surface area contributed by atoms with Crippen molar-refractivity contribution in [2.24, 2.45) is 29.1 Å². The van der Waals surface area contributed by atoms with E-state index in [-0.39, 0.29) is 0 Å². The summed E-state index contributed by atoms with van der Waals surface area (Å²) < 4.78 is 0. The van der Waals surface area contributed by atoms with Crippen molar-refractivity contribution in [2.45, 2.75) is 40.5 Å². The van der Waals surface area contributed by atoms with Gasteiger partial charge in [-0.3, -0.25) is 0 Å². The van der Waals surface area contributed by atoms with Gasteiger partial charge in [0.2, 0.25) is 0 Å². The normalized spacial score (nSPS) is 45.4. The Labute approximate surface area is 83.1 Å². The highest BCUT2D eigenvalue weighted by Gasteiger charge is 2.54. The first-order chi connectivity index (χ1) is 6.03. The van der Waals surface area contributed by atoms with Crippen molar-refractivity contribution >= 4 is 0 Å². The second kappa shape index (κ2) is 3.37.